The van der Waals surface area contributed by atoms with Crippen LogP contribution in [0.1, 0.15) is 6.42 Å². The van der Waals surface area contributed by atoms with Crippen molar-refractivity contribution in [2.24, 2.45) is 0 Å². The van der Waals surface area contributed by atoms with Gasteiger partial charge in [-0.1, -0.05) is 0 Å². The van der Waals surface area contributed by atoms with Crippen molar-refractivity contribution < 1.29 is 55.1 Å². The van der Waals surface area contributed by atoms with Crippen molar-refractivity contribution in [2.45, 2.75) is 48.8 Å². The average Bonchev–Trinajstić information content (AvgIpc) is 2.51. The highest BCUT2D eigenvalue weighted by Gasteiger charge is 2.44. The fraction of sp³-hybridized carbons (Fsp3) is 0.917. The fourth-order valence-corrected chi connectivity index (χ4v) is 2.08. The van der Waals surface area contributed by atoms with Crippen molar-refractivity contribution in [3.63, 3.8) is 0 Å². The smallest absolute Gasteiger partial charge is 0.338 e. The highest BCUT2D eigenvalue weighted by molar-refractivity contribution is 5.77. The van der Waals surface area contributed by atoms with Gasteiger partial charge in [0, 0.05) is 6.42 Å². The molecule has 7 unspecified atom stereocenters. The van der Waals surface area contributed by atoms with Gasteiger partial charge in [-0.25, -0.2) is 4.79 Å². The molecule has 1 aliphatic rings. The van der Waals surface area contributed by atoms with E-state index in [4.69, 9.17) is 24.8 Å². The third-order valence-corrected chi connectivity index (χ3v) is 3.53. The maximum atomic E-state index is 10.8. The van der Waals surface area contributed by atoms with Crippen LogP contribution in [-0.4, -0.2) is 109 Å². The molecule has 0 spiro atoms. The highest BCUT2D eigenvalue weighted by Crippen LogP contribution is 2.22. The maximum absolute atomic E-state index is 10.8. The summed E-state index contributed by atoms with van der Waals surface area (Å²) in [7, 11) is 0. The average molecular weight is 342 g/mol. The van der Waals surface area contributed by atoms with Gasteiger partial charge >= 0.3 is 5.97 Å². The lowest BCUT2D eigenvalue weighted by atomic mass is 9.97. The van der Waals surface area contributed by atoms with Crippen molar-refractivity contribution in [1.82, 2.24) is 0 Å². The Labute approximate surface area is 130 Å². The summed E-state index contributed by atoms with van der Waals surface area (Å²) < 4.78 is 10.0. The summed E-state index contributed by atoms with van der Waals surface area (Å²) in [6.07, 6.45) is -9.86. The molecule has 1 rings (SSSR count). The number of aliphatic hydroxyl groups is 7. The summed E-state index contributed by atoms with van der Waals surface area (Å²) in [5, 5.41) is 74.7. The lowest BCUT2D eigenvalue weighted by Gasteiger charge is -2.39. The number of aliphatic carboxylic acids is 1. The van der Waals surface area contributed by atoms with E-state index in [1.807, 2.05) is 0 Å². The molecule has 0 aliphatic carbocycles. The van der Waals surface area contributed by atoms with Gasteiger partial charge in [0.25, 0.3) is 0 Å². The van der Waals surface area contributed by atoms with Crippen LogP contribution in [0.4, 0.5) is 0 Å². The van der Waals surface area contributed by atoms with Gasteiger partial charge in [-0.05, 0) is 0 Å². The number of ether oxygens (including phenoxy) is 2. The van der Waals surface area contributed by atoms with Crippen molar-refractivity contribution in [3.8, 4) is 0 Å². The first-order chi connectivity index (χ1) is 10.7. The summed E-state index contributed by atoms with van der Waals surface area (Å²) in [5.74, 6) is -1.73. The SMILES string of the molecule is O=C(O)C(O)(CO)CC(O)COC1OC(CO)C(O)C(O)C1O. The Morgan fingerprint density at radius 3 is 2.26 bits per heavy atom. The molecule has 23 heavy (non-hydrogen) atoms. The second kappa shape index (κ2) is 8.28. The second-order valence-corrected chi connectivity index (χ2v) is 5.38. The minimum Gasteiger partial charge on any atom is -0.479 e. The second-order valence-electron chi connectivity index (χ2n) is 5.38. The molecular formula is C12H22O11. The largest absolute Gasteiger partial charge is 0.479 e. The molecule has 0 aromatic heterocycles. The summed E-state index contributed by atoms with van der Waals surface area (Å²) >= 11 is 0. The molecule has 0 aromatic rings. The fourth-order valence-electron chi connectivity index (χ4n) is 2.08. The molecule has 0 bridgehead atoms. The number of aliphatic hydroxyl groups excluding tert-OH is 6. The van der Waals surface area contributed by atoms with Crippen LogP contribution < -0.4 is 0 Å². The van der Waals surface area contributed by atoms with Crippen molar-refractivity contribution in [2.75, 3.05) is 19.8 Å². The van der Waals surface area contributed by atoms with Gasteiger partial charge in [-0.2, -0.15) is 0 Å². The van der Waals surface area contributed by atoms with E-state index in [1.54, 1.807) is 0 Å². The molecule has 0 saturated carbocycles. The van der Waals surface area contributed by atoms with Crippen LogP contribution in [0, 0.1) is 0 Å². The molecular weight excluding hydrogens is 320 g/mol. The topological polar surface area (TPSA) is 197 Å². The summed E-state index contributed by atoms with van der Waals surface area (Å²) in [5.41, 5.74) is -2.56. The zero-order valence-corrected chi connectivity index (χ0v) is 12.1. The number of carboxylic acid groups (broad SMARTS) is 1. The normalized spacial score (nSPS) is 35.5. The Morgan fingerprint density at radius 2 is 1.78 bits per heavy atom. The van der Waals surface area contributed by atoms with Crippen molar-refractivity contribution in [3.05, 3.63) is 0 Å². The van der Waals surface area contributed by atoms with E-state index in [1.165, 1.54) is 0 Å². The number of carbonyl (C=O) groups is 1. The standard InChI is InChI=1S/C12H22O11/c13-2-6-7(16)8(17)9(18)10(23-6)22-3-5(15)1-12(21,4-14)11(19)20/h5-10,13-18,21H,1-4H2,(H,19,20). The quantitative estimate of drug-likeness (QED) is 0.211. The van der Waals surface area contributed by atoms with Crippen molar-refractivity contribution in [1.29, 1.82) is 0 Å². The van der Waals surface area contributed by atoms with Gasteiger partial charge in [0.05, 0.1) is 25.9 Å². The Bertz CT molecular complexity index is 389. The van der Waals surface area contributed by atoms with Gasteiger partial charge in [-0.3, -0.25) is 0 Å². The van der Waals surface area contributed by atoms with E-state index in [0.717, 1.165) is 0 Å². The van der Waals surface area contributed by atoms with E-state index < -0.39 is 74.6 Å². The lowest BCUT2D eigenvalue weighted by Crippen LogP contribution is -2.59. The molecule has 0 amide bonds. The van der Waals surface area contributed by atoms with Gasteiger partial charge < -0.3 is 50.3 Å². The molecule has 1 heterocycles. The molecule has 1 fully saturated rings. The van der Waals surface area contributed by atoms with Crippen LogP contribution >= 0.6 is 0 Å². The van der Waals surface area contributed by atoms with E-state index in [0.29, 0.717) is 0 Å². The number of carboxylic acids is 1. The number of hydrogen-bond acceptors (Lipinski definition) is 10. The molecule has 1 aliphatic heterocycles. The maximum Gasteiger partial charge on any atom is 0.338 e. The van der Waals surface area contributed by atoms with Gasteiger partial charge in [-0.15, -0.1) is 0 Å². The molecule has 0 aromatic carbocycles. The molecule has 1 saturated heterocycles. The molecule has 11 heteroatoms. The predicted octanol–water partition coefficient (Wildman–Crippen LogP) is -4.64. The van der Waals surface area contributed by atoms with Gasteiger partial charge in [0.1, 0.15) is 24.4 Å². The van der Waals surface area contributed by atoms with Crippen LogP contribution in [0.15, 0.2) is 0 Å². The third-order valence-electron chi connectivity index (χ3n) is 3.53. The highest BCUT2D eigenvalue weighted by atomic mass is 16.7. The van der Waals surface area contributed by atoms with E-state index in [-0.39, 0.29) is 0 Å². The minimum atomic E-state index is -2.56. The molecule has 7 atom stereocenters. The molecule has 0 radical (unpaired) electrons. The summed E-state index contributed by atoms with van der Waals surface area (Å²) in [6, 6.07) is 0. The van der Waals surface area contributed by atoms with Crippen LogP contribution in [0.5, 0.6) is 0 Å². The zero-order valence-electron chi connectivity index (χ0n) is 12.1. The first-order valence-corrected chi connectivity index (χ1v) is 6.83. The number of hydrogen-bond donors (Lipinski definition) is 8. The molecule has 11 nitrogen and oxygen atoms in total. The lowest BCUT2D eigenvalue weighted by molar-refractivity contribution is -0.305. The Kier molecular flexibility index (Phi) is 7.26. The van der Waals surface area contributed by atoms with Crippen LogP contribution in [0.3, 0.4) is 0 Å². The third kappa shape index (κ3) is 4.79. The first kappa shape index (κ1) is 20.2. The first-order valence-electron chi connectivity index (χ1n) is 6.83. The van der Waals surface area contributed by atoms with Crippen LogP contribution in [0.25, 0.3) is 0 Å². The molecule has 8 N–H and O–H groups in total. The van der Waals surface area contributed by atoms with E-state index in [2.05, 4.69) is 0 Å². The molecule has 136 valence electrons. The zero-order chi connectivity index (χ0) is 17.8. The van der Waals surface area contributed by atoms with E-state index in [9.17, 15) is 30.3 Å². The Morgan fingerprint density at radius 1 is 1.17 bits per heavy atom. The summed E-state index contributed by atoms with van der Waals surface area (Å²) in [4.78, 5) is 10.8. The monoisotopic (exact) mass is 342 g/mol. The Balaban J connectivity index is 2.58. The van der Waals surface area contributed by atoms with Crippen LogP contribution in [-0.2, 0) is 14.3 Å². The predicted molar refractivity (Wildman–Crippen MR) is 70.0 cm³/mol. The summed E-state index contributed by atoms with van der Waals surface area (Å²) in [6.45, 7) is -2.38. The minimum absolute atomic E-state index is 0.599. The van der Waals surface area contributed by atoms with E-state index >= 15 is 0 Å². The Hall–Kier alpha value is -0.890. The van der Waals surface area contributed by atoms with Crippen LogP contribution in [0.2, 0.25) is 0 Å². The van der Waals surface area contributed by atoms with Crippen molar-refractivity contribution >= 4 is 5.97 Å². The van der Waals surface area contributed by atoms with Gasteiger partial charge in [0.15, 0.2) is 11.9 Å². The number of rotatable bonds is 8. The van der Waals surface area contributed by atoms with Gasteiger partial charge in [0.2, 0.25) is 0 Å².